The van der Waals surface area contributed by atoms with Crippen LogP contribution in [0.1, 0.15) is 24.7 Å². The summed E-state index contributed by atoms with van der Waals surface area (Å²) in [7, 11) is 2.07. The maximum absolute atomic E-state index is 4.82. The zero-order chi connectivity index (χ0) is 16.0. The molecule has 0 aliphatic heterocycles. The summed E-state index contributed by atoms with van der Waals surface area (Å²) in [4.78, 5) is 13.0. The van der Waals surface area contributed by atoms with Crippen LogP contribution in [0.2, 0.25) is 0 Å². The van der Waals surface area contributed by atoms with Gasteiger partial charge in [0.1, 0.15) is 11.6 Å². The third-order valence-electron chi connectivity index (χ3n) is 4.47. The molecule has 4 heteroatoms. The van der Waals surface area contributed by atoms with E-state index >= 15 is 0 Å². The lowest BCUT2D eigenvalue weighted by molar-refractivity contribution is 0.861. The molecule has 0 aliphatic carbocycles. The number of nitrogens with zero attached hydrogens (tertiary/aromatic N) is 3. The van der Waals surface area contributed by atoms with Crippen molar-refractivity contribution in [2.24, 2.45) is 7.05 Å². The Bertz CT molecular complexity index is 1010. The van der Waals surface area contributed by atoms with Gasteiger partial charge in [0.2, 0.25) is 0 Å². The smallest absolute Gasteiger partial charge is 0.141 e. The van der Waals surface area contributed by atoms with Gasteiger partial charge in [0.05, 0.1) is 22.1 Å². The Morgan fingerprint density at radius 2 is 1.91 bits per heavy atom. The Kier molecular flexibility index (Phi) is 3.18. The van der Waals surface area contributed by atoms with Gasteiger partial charge < -0.3 is 9.55 Å². The molecule has 0 saturated carbocycles. The molecule has 0 radical (unpaired) electrons. The van der Waals surface area contributed by atoms with Crippen molar-refractivity contribution in [2.75, 3.05) is 0 Å². The Labute approximate surface area is 135 Å². The van der Waals surface area contributed by atoms with E-state index in [2.05, 4.69) is 60.8 Å². The van der Waals surface area contributed by atoms with E-state index in [0.29, 0.717) is 0 Å². The molecule has 1 N–H and O–H groups in total. The van der Waals surface area contributed by atoms with E-state index in [-0.39, 0.29) is 0 Å². The van der Waals surface area contributed by atoms with E-state index in [4.69, 9.17) is 9.97 Å². The number of para-hydroxylation sites is 2. The van der Waals surface area contributed by atoms with Crippen LogP contribution in [-0.4, -0.2) is 19.5 Å². The largest absolute Gasteiger partial charge is 0.342 e. The number of hydrogen-bond acceptors (Lipinski definition) is 2. The highest BCUT2D eigenvalue weighted by Crippen LogP contribution is 2.30. The second-order valence-electron chi connectivity index (χ2n) is 6.05. The monoisotopic (exact) mass is 304 g/mol. The van der Waals surface area contributed by atoms with Gasteiger partial charge in [-0.2, -0.15) is 0 Å². The van der Waals surface area contributed by atoms with Crippen LogP contribution in [-0.2, 0) is 13.5 Å². The number of benzene rings is 2. The Balaban J connectivity index is 1.93. The number of H-pyrrole nitrogens is 1. The van der Waals surface area contributed by atoms with E-state index in [9.17, 15) is 0 Å². The van der Waals surface area contributed by atoms with Gasteiger partial charge in [-0.1, -0.05) is 19.1 Å². The van der Waals surface area contributed by atoms with Crippen LogP contribution in [0.3, 0.4) is 0 Å². The molecule has 23 heavy (non-hydrogen) atoms. The van der Waals surface area contributed by atoms with Crippen molar-refractivity contribution in [3.05, 3.63) is 47.8 Å². The highest BCUT2D eigenvalue weighted by Gasteiger charge is 2.15. The van der Waals surface area contributed by atoms with Crippen molar-refractivity contribution in [3.8, 4) is 11.4 Å². The minimum absolute atomic E-state index is 0.982. The first kappa shape index (κ1) is 14.0. The average molecular weight is 304 g/mol. The summed E-state index contributed by atoms with van der Waals surface area (Å²) in [5.41, 5.74) is 6.66. The molecule has 4 nitrogen and oxygen atoms in total. The Morgan fingerprint density at radius 1 is 1.09 bits per heavy atom. The normalized spacial score (nSPS) is 11.6. The lowest BCUT2D eigenvalue weighted by Gasteiger charge is -2.06. The first-order chi connectivity index (χ1) is 11.2. The van der Waals surface area contributed by atoms with Gasteiger partial charge in [0.15, 0.2) is 0 Å². The first-order valence-corrected chi connectivity index (χ1v) is 8.09. The first-order valence-electron chi connectivity index (χ1n) is 8.09. The van der Waals surface area contributed by atoms with Crippen LogP contribution >= 0.6 is 0 Å². The van der Waals surface area contributed by atoms with Gasteiger partial charge >= 0.3 is 0 Å². The molecule has 0 fully saturated rings. The second-order valence-corrected chi connectivity index (χ2v) is 6.05. The summed E-state index contributed by atoms with van der Waals surface area (Å²) in [6.45, 7) is 4.30. The third kappa shape index (κ3) is 2.13. The molecular formula is C19H20N4. The molecule has 0 spiro atoms. The Hall–Kier alpha value is -2.62. The number of hydrogen-bond donors (Lipinski definition) is 1. The quantitative estimate of drug-likeness (QED) is 0.610. The van der Waals surface area contributed by atoms with Gasteiger partial charge in [-0.05, 0) is 43.2 Å². The van der Waals surface area contributed by atoms with E-state index in [1.165, 1.54) is 5.56 Å². The minimum Gasteiger partial charge on any atom is -0.342 e. The standard InChI is InChI=1S/C19H20N4/c1-4-7-17-20-15-11-10-13(12(2)18(15)22-17)19-21-14-8-5-6-9-16(14)23(19)3/h5-6,8-11H,4,7H2,1-3H3,(H,20,22). The van der Waals surface area contributed by atoms with Gasteiger partial charge in [-0.15, -0.1) is 0 Å². The maximum Gasteiger partial charge on any atom is 0.141 e. The van der Waals surface area contributed by atoms with E-state index in [1.807, 2.05) is 6.07 Å². The van der Waals surface area contributed by atoms with Gasteiger partial charge in [0.25, 0.3) is 0 Å². The van der Waals surface area contributed by atoms with Crippen LogP contribution in [0.5, 0.6) is 0 Å². The highest BCUT2D eigenvalue weighted by molar-refractivity contribution is 5.88. The predicted octanol–water partition coefficient (Wildman–Crippen LogP) is 4.38. The van der Waals surface area contributed by atoms with Crippen LogP contribution in [0.15, 0.2) is 36.4 Å². The van der Waals surface area contributed by atoms with Crippen LogP contribution in [0.4, 0.5) is 0 Å². The molecule has 0 atom stereocenters. The van der Waals surface area contributed by atoms with Crippen LogP contribution in [0, 0.1) is 6.92 Å². The summed E-state index contributed by atoms with van der Waals surface area (Å²) in [5, 5.41) is 0. The predicted molar refractivity (Wildman–Crippen MR) is 94.5 cm³/mol. The molecule has 2 aromatic heterocycles. The number of rotatable bonds is 3. The topological polar surface area (TPSA) is 46.5 Å². The summed E-state index contributed by atoms with van der Waals surface area (Å²) in [6, 6.07) is 12.5. The molecule has 4 aromatic rings. The van der Waals surface area contributed by atoms with Crippen LogP contribution in [0.25, 0.3) is 33.5 Å². The number of imidazole rings is 2. The highest BCUT2D eigenvalue weighted by atomic mass is 15.1. The summed E-state index contributed by atoms with van der Waals surface area (Å²) in [6.07, 6.45) is 2.08. The van der Waals surface area contributed by atoms with Crippen molar-refractivity contribution in [3.63, 3.8) is 0 Å². The lowest BCUT2D eigenvalue weighted by atomic mass is 10.1. The fourth-order valence-electron chi connectivity index (χ4n) is 3.25. The molecular weight excluding hydrogens is 284 g/mol. The number of aromatic nitrogens is 4. The van der Waals surface area contributed by atoms with E-state index in [1.54, 1.807) is 0 Å². The minimum atomic E-state index is 0.982. The fourth-order valence-corrected chi connectivity index (χ4v) is 3.25. The van der Waals surface area contributed by atoms with E-state index < -0.39 is 0 Å². The maximum atomic E-state index is 4.82. The van der Waals surface area contributed by atoms with Crippen molar-refractivity contribution >= 4 is 22.1 Å². The van der Waals surface area contributed by atoms with Crippen LogP contribution < -0.4 is 0 Å². The fraction of sp³-hybridized carbons (Fsp3) is 0.263. The van der Waals surface area contributed by atoms with Crippen molar-refractivity contribution in [2.45, 2.75) is 26.7 Å². The molecule has 2 heterocycles. The number of nitrogens with one attached hydrogen (secondary N) is 1. The second kappa shape index (κ2) is 5.23. The third-order valence-corrected chi connectivity index (χ3v) is 4.47. The molecule has 0 aliphatic rings. The van der Waals surface area contributed by atoms with Gasteiger partial charge in [-0.25, -0.2) is 9.97 Å². The van der Waals surface area contributed by atoms with Gasteiger partial charge in [-0.3, -0.25) is 0 Å². The molecule has 2 aromatic carbocycles. The molecule has 116 valence electrons. The molecule has 0 bridgehead atoms. The zero-order valence-corrected chi connectivity index (χ0v) is 13.7. The number of fused-ring (bicyclic) bond motifs is 2. The molecule has 0 unspecified atom stereocenters. The SMILES string of the molecule is CCCc1nc2c(C)c(-c3nc4ccccc4n3C)ccc2[nH]1. The van der Waals surface area contributed by atoms with Gasteiger partial charge in [0, 0.05) is 19.0 Å². The van der Waals surface area contributed by atoms with Crippen molar-refractivity contribution < 1.29 is 0 Å². The summed E-state index contributed by atoms with van der Waals surface area (Å²) < 4.78 is 2.16. The van der Waals surface area contributed by atoms with E-state index in [0.717, 1.165) is 52.1 Å². The molecule has 0 saturated heterocycles. The lowest BCUT2D eigenvalue weighted by Crippen LogP contribution is -1.95. The average Bonchev–Trinajstić information content (AvgIpc) is 3.11. The molecule has 0 amide bonds. The Morgan fingerprint density at radius 3 is 2.70 bits per heavy atom. The summed E-state index contributed by atoms with van der Waals surface area (Å²) >= 11 is 0. The number of aromatic amines is 1. The number of aryl methyl sites for hydroxylation is 3. The molecule has 4 rings (SSSR count). The summed E-state index contributed by atoms with van der Waals surface area (Å²) in [5.74, 6) is 2.05. The van der Waals surface area contributed by atoms with Crippen molar-refractivity contribution in [1.82, 2.24) is 19.5 Å². The van der Waals surface area contributed by atoms with Crippen molar-refractivity contribution in [1.29, 1.82) is 0 Å². The zero-order valence-electron chi connectivity index (χ0n) is 13.7.